The number of hydrogen-bond donors (Lipinski definition) is 0. The second-order valence-electron chi connectivity index (χ2n) is 6.21. The molecule has 1 nitrogen and oxygen atoms in total. The molecule has 3 rings (SSSR count). The van der Waals surface area contributed by atoms with E-state index in [-0.39, 0.29) is 5.82 Å². The Morgan fingerprint density at radius 1 is 1.04 bits per heavy atom. The van der Waals surface area contributed by atoms with Gasteiger partial charge < -0.3 is 4.74 Å². The summed E-state index contributed by atoms with van der Waals surface area (Å²) in [4.78, 5) is 0. The molecular formula is C23H23FO. The summed E-state index contributed by atoms with van der Waals surface area (Å²) in [5, 5.41) is 1.63. The highest BCUT2D eigenvalue weighted by atomic mass is 19.1. The Kier molecular flexibility index (Phi) is 5.49. The van der Waals surface area contributed by atoms with Crippen LogP contribution in [0.4, 0.5) is 4.39 Å². The van der Waals surface area contributed by atoms with Gasteiger partial charge in [0.2, 0.25) is 0 Å². The smallest absolute Gasteiger partial charge is 0.138 e. The SMILES string of the molecule is C=CCOc1ccc(-c2ccc3cc(CCCC)ccc3c2F)cc1. The van der Waals surface area contributed by atoms with E-state index in [2.05, 4.69) is 19.6 Å². The Morgan fingerprint density at radius 3 is 2.56 bits per heavy atom. The Bertz CT molecular complexity index is 865. The van der Waals surface area contributed by atoms with Gasteiger partial charge in [-0.3, -0.25) is 0 Å². The Balaban J connectivity index is 1.91. The van der Waals surface area contributed by atoms with Gasteiger partial charge in [-0.1, -0.05) is 68.5 Å². The molecule has 25 heavy (non-hydrogen) atoms. The van der Waals surface area contributed by atoms with E-state index >= 15 is 0 Å². The van der Waals surface area contributed by atoms with Gasteiger partial charge in [-0.2, -0.15) is 0 Å². The van der Waals surface area contributed by atoms with Crippen molar-refractivity contribution in [3.63, 3.8) is 0 Å². The van der Waals surface area contributed by atoms with Crippen LogP contribution in [0.25, 0.3) is 21.9 Å². The predicted molar refractivity (Wildman–Crippen MR) is 104 cm³/mol. The van der Waals surface area contributed by atoms with Gasteiger partial charge in [0.15, 0.2) is 0 Å². The molecule has 0 saturated heterocycles. The summed E-state index contributed by atoms with van der Waals surface area (Å²) in [6.45, 7) is 6.27. The van der Waals surface area contributed by atoms with E-state index in [1.807, 2.05) is 48.5 Å². The van der Waals surface area contributed by atoms with Gasteiger partial charge >= 0.3 is 0 Å². The zero-order valence-corrected chi connectivity index (χ0v) is 14.6. The topological polar surface area (TPSA) is 9.23 Å². The zero-order chi connectivity index (χ0) is 17.6. The fourth-order valence-electron chi connectivity index (χ4n) is 2.99. The molecule has 0 radical (unpaired) electrons. The first-order chi connectivity index (χ1) is 12.2. The lowest BCUT2D eigenvalue weighted by Crippen LogP contribution is -1.93. The molecule has 0 saturated carbocycles. The summed E-state index contributed by atoms with van der Waals surface area (Å²) in [5.41, 5.74) is 2.73. The van der Waals surface area contributed by atoms with Gasteiger partial charge in [-0.05, 0) is 41.5 Å². The molecule has 128 valence electrons. The van der Waals surface area contributed by atoms with Crippen molar-refractivity contribution in [2.24, 2.45) is 0 Å². The van der Waals surface area contributed by atoms with Crippen molar-refractivity contribution >= 4 is 10.8 Å². The lowest BCUT2D eigenvalue weighted by molar-refractivity contribution is 0.363. The van der Waals surface area contributed by atoms with Crippen LogP contribution in [-0.4, -0.2) is 6.61 Å². The number of rotatable bonds is 7. The van der Waals surface area contributed by atoms with E-state index in [4.69, 9.17) is 4.74 Å². The maximum Gasteiger partial charge on any atom is 0.138 e. The van der Waals surface area contributed by atoms with E-state index in [1.54, 1.807) is 6.08 Å². The van der Waals surface area contributed by atoms with E-state index in [1.165, 1.54) is 5.56 Å². The van der Waals surface area contributed by atoms with Crippen molar-refractivity contribution in [1.29, 1.82) is 0 Å². The van der Waals surface area contributed by atoms with Gasteiger partial charge in [0, 0.05) is 10.9 Å². The van der Waals surface area contributed by atoms with Crippen LogP contribution in [0.3, 0.4) is 0 Å². The summed E-state index contributed by atoms with van der Waals surface area (Å²) < 4.78 is 20.5. The fraction of sp³-hybridized carbons (Fsp3) is 0.217. The highest BCUT2D eigenvalue weighted by Crippen LogP contribution is 2.30. The minimum Gasteiger partial charge on any atom is -0.490 e. The van der Waals surface area contributed by atoms with E-state index in [0.29, 0.717) is 17.6 Å². The van der Waals surface area contributed by atoms with Crippen LogP contribution < -0.4 is 4.74 Å². The zero-order valence-electron chi connectivity index (χ0n) is 14.6. The summed E-state index contributed by atoms with van der Waals surface area (Å²) in [7, 11) is 0. The number of benzene rings is 3. The average Bonchev–Trinajstić information content (AvgIpc) is 2.65. The molecule has 0 fully saturated rings. The lowest BCUT2D eigenvalue weighted by Gasteiger charge is -2.10. The Morgan fingerprint density at radius 2 is 1.84 bits per heavy atom. The van der Waals surface area contributed by atoms with Crippen molar-refractivity contribution in [2.45, 2.75) is 26.2 Å². The van der Waals surface area contributed by atoms with Gasteiger partial charge in [-0.15, -0.1) is 0 Å². The van der Waals surface area contributed by atoms with Gasteiger partial charge in [0.25, 0.3) is 0 Å². The maximum absolute atomic E-state index is 15.0. The maximum atomic E-state index is 15.0. The third-order valence-electron chi connectivity index (χ3n) is 4.37. The van der Waals surface area contributed by atoms with Crippen molar-refractivity contribution in [3.05, 3.63) is 78.6 Å². The minimum absolute atomic E-state index is 0.167. The quantitative estimate of drug-likeness (QED) is 0.445. The van der Waals surface area contributed by atoms with Gasteiger partial charge in [-0.25, -0.2) is 4.39 Å². The first-order valence-corrected chi connectivity index (χ1v) is 8.78. The van der Waals surface area contributed by atoms with E-state index in [0.717, 1.165) is 36.0 Å². The molecular weight excluding hydrogens is 311 g/mol. The summed E-state index contributed by atoms with van der Waals surface area (Å²) in [6.07, 6.45) is 5.07. The number of fused-ring (bicyclic) bond motifs is 1. The van der Waals surface area contributed by atoms with Crippen LogP contribution >= 0.6 is 0 Å². The van der Waals surface area contributed by atoms with Gasteiger partial charge in [0.05, 0.1) is 0 Å². The van der Waals surface area contributed by atoms with Crippen LogP contribution in [0.5, 0.6) is 5.75 Å². The molecule has 3 aromatic carbocycles. The van der Waals surface area contributed by atoms with Crippen molar-refractivity contribution in [1.82, 2.24) is 0 Å². The standard InChI is InChI=1S/C23H23FO/c1-3-5-6-17-7-13-22-19(16-17)10-14-21(23(22)24)18-8-11-20(12-9-18)25-15-4-2/h4,7-14,16H,2-3,5-6,15H2,1H3. The van der Waals surface area contributed by atoms with Crippen LogP contribution in [0.1, 0.15) is 25.3 Å². The van der Waals surface area contributed by atoms with Gasteiger partial charge in [0.1, 0.15) is 18.2 Å². The normalized spacial score (nSPS) is 10.8. The van der Waals surface area contributed by atoms with Crippen LogP contribution in [0.15, 0.2) is 67.3 Å². The second kappa shape index (κ2) is 7.98. The molecule has 0 aliphatic rings. The first kappa shape index (κ1) is 17.2. The number of aryl methyl sites for hydroxylation is 1. The highest BCUT2D eigenvalue weighted by Gasteiger charge is 2.10. The van der Waals surface area contributed by atoms with Crippen LogP contribution in [-0.2, 0) is 6.42 Å². The van der Waals surface area contributed by atoms with E-state index in [9.17, 15) is 4.39 Å². The molecule has 0 unspecified atom stereocenters. The molecule has 0 amide bonds. The summed E-state index contributed by atoms with van der Waals surface area (Å²) >= 11 is 0. The molecule has 0 aliphatic carbocycles. The number of halogens is 1. The third-order valence-corrected chi connectivity index (χ3v) is 4.37. The average molecular weight is 334 g/mol. The van der Waals surface area contributed by atoms with Crippen molar-refractivity contribution in [3.8, 4) is 16.9 Å². The lowest BCUT2D eigenvalue weighted by atomic mass is 9.98. The van der Waals surface area contributed by atoms with Crippen molar-refractivity contribution in [2.75, 3.05) is 6.61 Å². The molecule has 0 atom stereocenters. The van der Waals surface area contributed by atoms with E-state index < -0.39 is 0 Å². The molecule has 0 aromatic heterocycles. The second-order valence-corrected chi connectivity index (χ2v) is 6.21. The van der Waals surface area contributed by atoms with Crippen LogP contribution in [0, 0.1) is 5.82 Å². The monoisotopic (exact) mass is 334 g/mol. The molecule has 2 heteroatoms. The number of unbranched alkanes of at least 4 members (excludes halogenated alkanes) is 1. The molecule has 0 aliphatic heterocycles. The third kappa shape index (κ3) is 3.90. The number of hydrogen-bond acceptors (Lipinski definition) is 1. The summed E-state index contributed by atoms with van der Waals surface area (Å²) in [6, 6.07) is 17.4. The highest BCUT2D eigenvalue weighted by molar-refractivity contribution is 5.88. The largest absolute Gasteiger partial charge is 0.490 e. The van der Waals surface area contributed by atoms with Crippen LogP contribution in [0.2, 0.25) is 0 Å². The molecule has 0 spiro atoms. The molecule has 3 aromatic rings. The molecule has 0 N–H and O–H groups in total. The minimum atomic E-state index is -0.167. The first-order valence-electron chi connectivity index (χ1n) is 8.78. The Labute approximate surface area is 148 Å². The number of ether oxygens (including phenoxy) is 1. The summed E-state index contributed by atoms with van der Waals surface area (Å²) in [5.74, 6) is 0.588. The molecule has 0 bridgehead atoms. The predicted octanol–water partition coefficient (Wildman–Crippen LogP) is 6.55. The Hall–Kier alpha value is -2.61. The van der Waals surface area contributed by atoms with Crippen molar-refractivity contribution < 1.29 is 9.13 Å². The fourth-order valence-corrected chi connectivity index (χ4v) is 2.99. The molecule has 0 heterocycles.